The molecule has 0 spiro atoms. The van der Waals surface area contributed by atoms with Gasteiger partial charge in [0.25, 0.3) is 0 Å². The fourth-order valence-corrected chi connectivity index (χ4v) is 2.33. The molecule has 5 heteroatoms. The number of carbonyl (C=O) groups is 1. The van der Waals surface area contributed by atoms with Gasteiger partial charge in [-0.15, -0.1) is 0 Å². The Balaban J connectivity index is 2.23. The van der Waals surface area contributed by atoms with E-state index in [-0.39, 0.29) is 0 Å². The molecule has 2 N–H and O–H groups in total. The number of nitrogens with one attached hydrogen (secondary N) is 2. The first-order valence-corrected chi connectivity index (χ1v) is 8.67. The van der Waals surface area contributed by atoms with Crippen LogP contribution in [0.25, 0.3) is 11.1 Å². The van der Waals surface area contributed by atoms with Gasteiger partial charge in [-0.3, -0.25) is 10.3 Å². The van der Waals surface area contributed by atoms with Crippen molar-refractivity contribution in [3.05, 3.63) is 42.7 Å². The molecule has 1 aromatic carbocycles. The number of rotatable bonds is 6. The molecule has 134 valence electrons. The van der Waals surface area contributed by atoms with Gasteiger partial charge in [-0.05, 0) is 51.0 Å². The number of nitrogens with zero attached hydrogens (tertiary/aromatic N) is 1. The van der Waals surface area contributed by atoms with Crippen LogP contribution in [0.1, 0.15) is 40.5 Å². The molecule has 2 rings (SSSR count). The molecular weight excluding hydrogens is 314 g/mol. The molecule has 0 aliphatic rings. The molecule has 25 heavy (non-hydrogen) atoms. The van der Waals surface area contributed by atoms with E-state index in [0.29, 0.717) is 5.69 Å². The van der Waals surface area contributed by atoms with E-state index in [9.17, 15) is 4.79 Å². The summed E-state index contributed by atoms with van der Waals surface area (Å²) in [6.45, 7) is 8.53. The minimum absolute atomic E-state index is 0.458. The second-order valence-corrected chi connectivity index (χ2v) is 6.91. The number of ether oxygens (including phenoxy) is 1. The fraction of sp³-hybridized carbons (Fsp3) is 0.400. The Morgan fingerprint density at radius 3 is 2.60 bits per heavy atom. The number of unbranched alkanes of at least 4 members (excludes halogenated alkanes) is 1. The van der Waals surface area contributed by atoms with Crippen LogP contribution in [0.3, 0.4) is 0 Å². The molecule has 1 aromatic heterocycles. The Morgan fingerprint density at radius 2 is 1.96 bits per heavy atom. The highest BCUT2D eigenvalue weighted by Crippen LogP contribution is 2.29. The minimum atomic E-state index is -0.532. The van der Waals surface area contributed by atoms with Crippen LogP contribution in [0.5, 0.6) is 0 Å². The molecule has 0 saturated carbocycles. The van der Waals surface area contributed by atoms with Gasteiger partial charge in [-0.25, -0.2) is 4.79 Å². The molecule has 1 amide bonds. The van der Waals surface area contributed by atoms with Crippen molar-refractivity contribution in [2.75, 3.05) is 17.2 Å². The number of anilines is 2. The van der Waals surface area contributed by atoms with E-state index >= 15 is 0 Å². The number of hydrogen-bond donors (Lipinski definition) is 2. The lowest BCUT2D eigenvalue weighted by molar-refractivity contribution is 0.0636. The van der Waals surface area contributed by atoms with Gasteiger partial charge in [-0.1, -0.05) is 25.5 Å². The highest BCUT2D eigenvalue weighted by molar-refractivity contribution is 5.91. The third kappa shape index (κ3) is 6.10. The van der Waals surface area contributed by atoms with Crippen molar-refractivity contribution in [3.8, 4) is 11.1 Å². The molecule has 0 radical (unpaired) electrons. The Hall–Kier alpha value is -2.56. The Kier molecular flexibility index (Phi) is 6.39. The zero-order valence-corrected chi connectivity index (χ0v) is 15.4. The minimum Gasteiger partial charge on any atom is -0.444 e. The lowest BCUT2D eigenvalue weighted by Crippen LogP contribution is -2.27. The standard InChI is InChI=1S/C20H27N3O2/c1-5-6-12-22-18-13-15(16-8-7-11-21-14-16)9-10-17(18)23-19(24)25-20(2,3)4/h7-11,13-14,22H,5-6,12H2,1-4H3,(H,23,24). The average Bonchev–Trinajstić information content (AvgIpc) is 2.55. The van der Waals surface area contributed by atoms with Gasteiger partial charge in [0.2, 0.25) is 0 Å². The van der Waals surface area contributed by atoms with Crippen LogP contribution in [0.4, 0.5) is 16.2 Å². The van der Waals surface area contributed by atoms with Crippen LogP contribution < -0.4 is 10.6 Å². The summed E-state index contributed by atoms with van der Waals surface area (Å²) < 4.78 is 5.35. The van der Waals surface area contributed by atoms with E-state index in [1.807, 2.05) is 57.3 Å². The van der Waals surface area contributed by atoms with Gasteiger partial charge in [-0.2, -0.15) is 0 Å². The van der Waals surface area contributed by atoms with Gasteiger partial charge in [0.15, 0.2) is 0 Å². The summed E-state index contributed by atoms with van der Waals surface area (Å²) in [6.07, 6.45) is 5.28. The highest BCUT2D eigenvalue weighted by atomic mass is 16.6. The second-order valence-electron chi connectivity index (χ2n) is 6.91. The van der Waals surface area contributed by atoms with Crippen molar-refractivity contribution in [2.45, 2.75) is 46.1 Å². The molecule has 0 unspecified atom stereocenters. The molecular formula is C20H27N3O2. The molecule has 0 aliphatic heterocycles. The van der Waals surface area contributed by atoms with Crippen LogP contribution in [0, 0.1) is 0 Å². The van der Waals surface area contributed by atoms with Crippen LogP contribution in [-0.2, 0) is 4.74 Å². The summed E-state index contributed by atoms with van der Waals surface area (Å²) in [4.78, 5) is 16.3. The maximum absolute atomic E-state index is 12.1. The van der Waals surface area contributed by atoms with E-state index in [1.54, 1.807) is 6.20 Å². The van der Waals surface area contributed by atoms with Gasteiger partial charge >= 0.3 is 6.09 Å². The smallest absolute Gasteiger partial charge is 0.412 e. The van der Waals surface area contributed by atoms with E-state index in [2.05, 4.69) is 22.5 Å². The molecule has 0 saturated heterocycles. The molecule has 0 fully saturated rings. The van der Waals surface area contributed by atoms with Gasteiger partial charge in [0.1, 0.15) is 5.60 Å². The largest absolute Gasteiger partial charge is 0.444 e. The van der Waals surface area contributed by atoms with E-state index in [4.69, 9.17) is 4.74 Å². The zero-order valence-electron chi connectivity index (χ0n) is 15.4. The number of aromatic nitrogens is 1. The van der Waals surface area contributed by atoms with Crippen LogP contribution in [0.2, 0.25) is 0 Å². The first-order valence-electron chi connectivity index (χ1n) is 8.67. The molecule has 2 aromatic rings. The van der Waals surface area contributed by atoms with Crippen molar-refractivity contribution in [1.82, 2.24) is 4.98 Å². The normalized spacial score (nSPS) is 11.0. The topological polar surface area (TPSA) is 63.2 Å². The van der Waals surface area contributed by atoms with Crippen molar-refractivity contribution in [3.63, 3.8) is 0 Å². The van der Waals surface area contributed by atoms with Gasteiger partial charge in [0.05, 0.1) is 11.4 Å². The maximum Gasteiger partial charge on any atom is 0.412 e. The number of benzene rings is 1. The highest BCUT2D eigenvalue weighted by Gasteiger charge is 2.17. The average molecular weight is 341 g/mol. The number of carbonyl (C=O) groups excluding carboxylic acids is 1. The van der Waals surface area contributed by atoms with E-state index in [1.165, 1.54) is 0 Å². The van der Waals surface area contributed by atoms with Crippen LogP contribution >= 0.6 is 0 Å². The second kappa shape index (κ2) is 8.51. The fourth-order valence-electron chi connectivity index (χ4n) is 2.33. The predicted octanol–water partition coefficient (Wildman–Crippen LogP) is 5.31. The first kappa shape index (κ1) is 18.8. The lowest BCUT2D eigenvalue weighted by atomic mass is 10.1. The summed E-state index contributed by atoms with van der Waals surface area (Å²) in [5.41, 5.74) is 3.13. The quantitative estimate of drug-likeness (QED) is 0.699. The first-order chi connectivity index (χ1) is 11.9. The third-order valence-electron chi connectivity index (χ3n) is 3.50. The van der Waals surface area contributed by atoms with Gasteiger partial charge in [0, 0.05) is 24.5 Å². The third-order valence-corrected chi connectivity index (χ3v) is 3.50. The molecule has 5 nitrogen and oxygen atoms in total. The SMILES string of the molecule is CCCCNc1cc(-c2cccnc2)ccc1NC(=O)OC(C)(C)C. The Morgan fingerprint density at radius 1 is 1.16 bits per heavy atom. The molecule has 1 heterocycles. The Bertz CT molecular complexity index is 694. The molecule has 0 atom stereocenters. The molecule has 0 bridgehead atoms. The number of amides is 1. The summed E-state index contributed by atoms with van der Waals surface area (Å²) in [7, 11) is 0. The summed E-state index contributed by atoms with van der Waals surface area (Å²) in [6, 6.07) is 9.81. The van der Waals surface area contributed by atoms with E-state index in [0.717, 1.165) is 36.2 Å². The van der Waals surface area contributed by atoms with Crippen molar-refractivity contribution < 1.29 is 9.53 Å². The van der Waals surface area contributed by atoms with E-state index < -0.39 is 11.7 Å². The molecule has 0 aliphatic carbocycles. The summed E-state index contributed by atoms with van der Waals surface area (Å²) in [5.74, 6) is 0. The van der Waals surface area contributed by atoms with Crippen molar-refractivity contribution in [1.29, 1.82) is 0 Å². The number of hydrogen-bond acceptors (Lipinski definition) is 4. The zero-order chi connectivity index (χ0) is 18.3. The summed E-state index contributed by atoms with van der Waals surface area (Å²) in [5, 5.41) is 6.24. The maximum atomic E-state index is 12.1. The summed E-state index contributed by atoms with van der Waals surface area (Å²) >= 11 is 0. The van der Waals surface area contributed by atoms with Gasteiger partial charge < -0.3 is 10.1 Å². The lowest BCUT2D eigenvalue weighted by Gasteiger charge is -2.21. The monoisotopic (exact) mass is 341 g/mol. The predicted molar refractivity (Wildman–Crippen MR) is 103 cm³/mol. The number of pyridine rings is 1. The van der Waals surface area contributed by atoms with Crippen LogP contribution in [-0.4, -0.2) is 23.2 Å². The Labute approximate surface area is 149 Å². The van der Waals surface area contributed by atoms with Crippen molar-refractivity contribution >= 4 is 17.5 Å². The van der Waals surface area contributed by atoms with Crippen molar-refractivity contribution in [2.24, 2.45) is 0 Å². The van der Waals surface area contributed by atoms with Crippen LogP contribution in [0.15, 0.2) is 42.7 Å².